The van der Waals surface area contributed by atoms with Gasteiger partial charge in [-0.2, -0.15) is 0 Å². The van der Waals surface area contributed by atoms with Crippen LogP contribution < -0.4 is 11.1 Å². The predicted octanol–water partition coefficient (Wildman–Crippen LogP) is 1.04. The van der Waals surface area contributed by atoms with Gasteiger partial charge in [-0.25, -0.2) is 8.42 Å². The van der Waals surface area contributed by atoms with E-state index in [1.165, 1.54) is 6.92 Å². The third kappa shape index (κ3) is 3.97. The number of carbonyl (C=O) groups is 1. The molecule has 18 heavy (non-hydrogen) atoms. The molecular weight excluding hydrogens is 276 g/mol. The Hall–Kier alpha value is -1.11. The highest BCUT2D eigenvalue weighted by Gasteiger charge is 2.23. The highest BCUT2D eigenvalue weighted by atomic mass is 35.5. The van der Waals surface area contributed by atoms with Crippen molar-refractivity contribution in [1.29, 1.82) is 0 Å². The highest BCUT2D eigenvalue weighted by Crippen LogP contribution is 2.20. The second-order valence-electron chi connectivity index (χ2n) is 3.88. The van der Waals surface area contributed by atoms with Gasteiger partial charge in [-0.3, -0.25) is 4.79 Å². The van der Waals surface area contributed by atoms with Crippen molar-refractivity contribution in [2.75, 3.05) is 17.6 Å². The minimum absolute atomic E-state index is 0.0122. The molecular formula is C11H15ClN2O3S. The summed E-state index contributed by atoms with van der Waals surface area (Å²) in [6, 6.07) is 6.61. The van der Waals surface area contributed by atoms with E-state index in [1.807, 2.05) is 0 Å². The van der Waals surface area contributed by atoms with Crippen LogP contribution in [0, 0.1) is 0 Å². The normalized spacial score (nSPS) is 13.1. The molecule has 1 aromatic rings. The molecule has 100 valence electrons. The van der Waals surface area contributed by atoms with Crippen LogP contribution in [0.2, 0.25) is 5.02 Å². The number of carbonyl (C=O) groups excluding carboxylic acids is 1. The van der Waals surface area contributed by atoms with E-state index in [4.69, 9.17) is 17.3 Å². The van der Waals surface area contributed by atoms with Gasteiger partial charge in [-0.05, 0) is 19.1 Å². The number of hydrogen-bond donors (Lipinski definition) is 2. The lowest BCUT2D eigenvalue weighted by molar-refractivity contribution is -0.113. The van der Waals surface area contributed by atoms with Gasteiger partial charge in [0.1, 0.15) is 5.75 Å². The molecule has 0 saturated heterocycles. The summed E-state index contributed by atoms with van der Waals surface area (Å²) in [7, 11) is -3.52. The van der Waals surface area contributed by atoms with Crippen LogP contribution in [-0.2, 0) is 14.6 Å². The zero-order chi connectivity index (χ0) is 13.8. The van der Waals surface area contributed by atoms with Gasteiger partial charge in [0, 0.05) is 6.54 Å². The second-order valence-corrected chi connectivity index (χ2v) is 6.71. The molecule has 0 aromatic heterocycles. The van der Waals surface area contributed by atoms with Gasteiger partial charge < -0.3 is 11.1 Å². The molecule has 0 heterocycles. The van der Waals surface area contributed by atoms with Gasteiger partial charge in [0.2, 0.25) is 5.91 Å². The quantitative estimate of drug-likeness (QED) is 0.848. The number of nitrogens with two attached hydrogens (primary N) is 1. The molecule has 5 nitrogen and oxygen atoms in total. The van der Waals surface area contributed by atoms with Crippen LogP contribution in [0.15, 0.2) is 24.3 Å². The predicted molar refractivity (Wildman–Crippen MR) is 72.4 cm³/mol. The number of hydrogen-bond acceptors (Lipinski definition) is 4. The number of sulfone groups is 1. The van der Waals surface area contributed by atoms with Crippen molar-refractivity contribution in [3.63, 3.8) is 0 Å². The maximum absolute atomic E-state index is 11.7. The molecule has 1 atom stereocenters. The fraction of sp³-hybridized carbons (Fsp3) is 0.364. The van der Waals surface area contributed by atoms with Crippen molar-refractivity contribution in [2.24, 2.45) is 5.73 Å². The Balaban J connectivity index is 2.72. The molecule has 0 fully saturated rings. The lowest BCUT2D eigenvalue weighted by Crippen LogP contribution is -2.33. The average Bonchev–Trinajstić information content (AvgIpc) is 2.30. The lowest BCUT2D eigenvalue weighted by atomic mass is 10.3. The summed E-state index contributed by atoms with van der Waals surface area (Å²) in [6.07, 6.45) is 0. The molecule has 0 spiro atoms. The molecule has 1 rings (SSSR count). The molecule has 1 amide bonds. The van der Waals surface area contributed by atoms with E-state index in [0.717, 1.165) is 0 Å². The van der Waals surface area contributed by atoms with E-state index in [1.54, 1.807) is 24.3 Å². The van der Waals surface area contributed by atoms with E-state index in [2.05, 4.69) is 5.32 Å². The first-order valence-electron chi connectivity index (χ1n) is 5.33. The summed E-state index contributed by atoms with van der Waals surface area (Å²) in [6.45, 7) is 1.46. The average molecular weight is 291 g/mol. The first kappa shape index (κ1) is 14.9. The molecule has 0 aliphatic heterocycles. The van der Waals surface area contributed by atoms with Crippen LogP contribution in [0.3, 0.4) is 0 Å². The van der Waals surface area contributed by atoms with Crippen LogP contribution in [-0.4, -0.2) is 31.9 Å². The number of benzene rings is 1. The van der Waals surface area contributed by atoms with Crippen molar-refractivity contribution in [3.05, 3.63) is 29.3 Å². The lowest BCUT2D eigenvalue weighted by Gasteiger charge is -2.11. The summed E-state index contributed by atoms with van der Waals surface area (Å²) in [4.78, 5) is 11.6. The molecule has 7 heteroatoms. The number of nitrogens with one attached hydrogen (secondary N) is 1. The van der Waals surface area contributed by atoms with Crippen LogP contribution in [0.5, 0.6) is 0 Å². The van der Waals surface area contributed by atoms with E-state index >= 15 is 0 Å². The minimum atomic E-state index is -3.52. The summed E-state index contributed by atoms with van der Waals surface area (Å²) >= 11 is 5.85. The topological polar surface area (TPSA) is 89.3 Å². The van der Waals surface area contributed by atoms with E-state index in [9.17, 15) is 13.2 Å². The second kappa shape index (κ2) is 6.17. The minimum Gasteiger partial charge on any atom is -0.329 e. The Bertz CT molecular complexity index is 531. The SMILES string of the molecule is CC(CN)S(=O)(=O)CC(=O)Nc1ccccc1Cl. The number of para-hydroxylation sites is 1. The van der Waals surface area contributed by atoms with Crippen LogP contribution >= 0.6 is 11.6 Å². The van der Waals surface area contributed by atoms with Crippen molar-refractivity contribution < 1.29 is 13.2 Å². The Morgan fingerprint density at radius 1 is 1.44 bits per heavy atom. The van der Waals surface area contributed by atoms with Crippen LogP contribution in [0.1, 0.15) is 6.92 Å². The molecule has 0 aliphatic carbocycles. The maximum Gasteiger partial charge on any atom is 0.239 e. The largest absolute Gasteiger partial charge is 0.329 e. The number of halogens is 1. The van der Waals surface area contributed by atoms with Gasteiger partial charge >= 0.3 is 0 Å². The Morgan fingerprint density at radius 2 is 2.06 bits per heavy atom. The summed E-state index contributed by atoms with van der Waals surface area (Å²) in [5, 5.41) is 2.07. The Labute approximate surface area is 111 Å². The Kier molecular flexibility index (Phi) is 5.13. The first-order valence-corrected chi connectivity index (χ1v) is 7.42. The number of rotatable bonds is 5. The molecule has 0 bridgehead atoms. The Morgan fingerprint density at radius 3 is 2.61 bits per heavy atom. The maximum atomic E-state index is 11.7. The van der Waals surface area contributed by atoms with E-state index in [-0.39, 0.29) is 6.54 Å². The zero-order valence-corrected chi connectivity index (χ0v) is 11.5. The number of amides is 1. The molecule has 0 saturated carbocycles. The first-order chi connectivity index (χ1) is 8.36. The van der Waals surface area contributed by atoms with Crippen molar-refractivity contribution >= 4 is 33.0 Å². The fourth-order valence-corrected chi connectivity index (χ4v) is 2.42. The van der Waals surface area contributed by atoms with E-state index in [0.29, 0.717) is 10.7 Å². The molecule has 0 radical (unpaired) electrons. The van der Waals surface area contributed by atoms with Crippen molar-refractivity contribution in [2.45, 2.75) is 12.2 Å². The molecule has 3 N–H and O–H groups in total. The van der Waals surface area contributed by atoms with Gasteiger partial charge in [-0.1, -0.05) is 23.7 Å². The summed E-state index contributed by atoms with van der Waals surface area (Å²) in [5.74, 6) is -1.22. The standard InChI is InChI=1S/C11H15ClN2O3S/c1-8(6-13)18(16,17)7-11(15)14-10-5-3-2-4-9(10)12/h2-5,8H,6-7,13H2,1H3,(H,14,15). The van der Waals surface area contributed by atoms with Gasteiger partial charge in [0.05, 0.1) is 16.0 Å². The third-order valence-electron chi connectivity index (χ3n) is 2.43. The number of anilines is 1. The van der Waals surface area contributed by atoms with Crippen molar-refractivity contribution in [3.8, 4) is 0 Å². The monoisotopic (exact) mass is 290 g/mol. The van der Waals surface area contributed by atoms with Crippen molar-refractivity contribution in [1.82, 2.24) is 0 Å². The smallest absolute Gasteiger partial charge is 0.239 e. The van der Waals surface area contributed by atoms with Gasteiger partial charge in [0.15, 0.2) is 9.84 Å². The van der Waals surface area contributed by atoms with E-state index < -0.39 is 26.7 Å². The third-order valence-corrected chi connectivity index (χ3v) is 4.84. The summed E-state index contributed by atoms with van der Waals surface area (Å²) < 4.78 is 23.3. The van der Waals surface area contributed by atoms with Crippen LogP contribution in [0.25, 0.3) is 0 Å². The van der Waals surface area contributed by atoms with Gasteiger partial charge in [0.25, 0.3) is 0 Å². The zero-order valence-electron chi connectivity index (χ0n) is 9.89. The molecule has 1 unspecified atom stereocenters. The van der Waals surface area contributed by atoms with Gasteiger partial charge in [-0.15, -0.1) is 0 Å². The summed E-state index contributed by atoms with van der Waals surface area (Å²) in [5.41, 5.74) is 5.67. The molecule has 1 aromatic carbocycles. The highest BCUT2D eigenvalue weighted by molar-refractivity contribution is 7.92. The fourth-order valence-electron chi connectivity index (χ4n) is 1.22. The van der Waals surface area contributed by atoms with Crippen LogP contribution in [0.4, 0.5) is 5.69 Å². The molecule has 0 aliphatic rings.